The molecule has 0 N–H and O–H groups in total. The first kappa shape index (κ1) is 17.4. The minimum absolute atomic E-state index is 0.0874. The summed E-state index contributed by atoms with van der Waals surface area (Å²) >= 11 is 0. The summed E-state index contributed by atoms with van der Waals surface area (Å²) in [6, 6.07) is 15.7. The lowest BCUT2D eigenvalue weighted by Crippen LogP contribution is -2.39. The molecular weight excluding hydrogens is 340 g/mol. The molecule has 1 aromatic carbocycles. The van der Waals surface area contributed by atoms with E-state index >= 15 is 0 Å². The molecule has 0 spiro atoms. The highest BCUT2D eigenvalue weighted by Crippen LogP contribution is 2.28. The van der Waals surface area contributed by atoms with E-state index < -0.39 is 0 Å². The quantitative estimate of drug-likeness (QED) is 0.695. The van der Waals surface area contributed by atoms with Gasteiger partial charge in [-0.15, -0.1) is 10.2 Å². The van der Waals surface area contributed by atoms with E-state index in [0.717, 1.165) is 25.8 Å². The highest BCUT2D eigenvalue weighted by atomic mass is 16.4. The van der Waals surface area contributed by atoms with E-state index in [1.54, 1.807) is 6.20 Å². The Labute approximate surface area is 158 Å². The van der Waals surface area contributed by atoms with Gasteiger partial charge in [0.05, 0.1) is 5.92 Å². The van der Waals surface area contributed by atoms with Crippen molar-refractivity contribution in [2.45, 2.75) is 31.6 Å². The van der Waals surface area contributed by atoms with E-state index in [9.17, 15) is 4.79 Å². The van der Waals surface area contributed by atoms with Crippen molar-refractivity contribution < 1.29 is 9.21 Å². The normalized spacial score (nSPS) is 17.0. The number of pyridine rings is 1. The average Bonchev–Trinajstić information content (AvgIpc) is 3.24. The van der Waals surface area contributed by atoms with Crippen molar-refractivity contribution in [2.24, 2.45) is 0 Å². The number of nitrogens with zero attached hydrogens (tertiary/aromatic N) is 4. The molecule has 6 heteroatoms. The van der Waals surface area contributed by atoms with E-state index in [0.29, 0.717) is 30.4 Å². The maximum absolute atomic E-state index is 12.6. The van der Waals surface area contributed by atoms with Gasteiger partial charge in [0.15, 0.2) is 0 Å². The van der Waals surface area contributed by atoms with Crippen LogP contribution < -0.4 is 0 Å². The van der Waals surface area contributed by atoms with Crippen molar-refractivity contribution in [3.05, 3.63) is 66.2 Å². The first-order chi connectivity index (χ1) is 13.3. The van der Waals surface area contributed by atoms with Crippen LogP contribution in [0.2, 0.25) is 0 Å². The van der Waals surface area contributed by atoms with E-state index in [1.165, 1.54) is 5.56 Å². The SMILES string of the molecule is O=C(CCc1ccccc1)N1CCCC(c2nnc(-c3ccccn3)o2)C1. The first-order valence-electron chi connectivity index (χ1n) is 9.36. The van der Waals surface area contributed by atoms with Crippen LogP contribution in [0.15, 0.2) is 59.1 Å². The molecule has 1 aliphatic heterocycles. The van der Waals surface area contributed by atoms with Crippen molar-refractivity contribution in [2.75, 3.05) is 13.1 Å². The minimum atomic E-state index is 0.0874. The summed E-state index contributed by atoms with van der Waals surface area (Å²) < 4.78 is 5.84. The van der Waals surface area contributed by atoms with Gasteiger partial charge in [-0.05, 0) is 37.0 Å². The van der Waals surface area contributed by atoms with E-state index in [2.05, 4.69) is 27.3 Å². The molecule has 3 aromatic rings. The lowest BCUT2D eigenvalue weighted by molar-refractivity contribution is -0.132. The van der Waals surface area contributed by atoms with Crippen molar-refractivity contribution in [3.8, 4) is 11.6 Å². The molecular formula is C21H22N4O2. The van der Waals surface area contributed by atoms with E-state index in [1.807, 2.05) is 41.3 Å². The maximum Gasteiger partial charge on any atom is 0.266 e. The van der Waals surface area contributed by atoms with Gasteiger partial charge in [0, 0.05) is 25.7 Å². The van der Waals surface area contributed by atoms with E-state index in [-0.39, 0.29) is 11.8 Å². The minimum Gasteiger partial charge on any atom is -0.419 e. The van der Waals surface area contributed by atoms with Gasteiger partial charge in [0.25, 0.3) is 5.89 Å². The number of hydrogen-bond donors (Lipinski definition) is 0. The number of benzene rings is 1. The number of carbonyl (C=O) groups is 1. The third-order valence-electron chi connectivity index (χ3n) is 4.92. The van der Waals surface area contributed by atoms with Gasteiger partial charge in [-0.1, -0.05) is 36.4 Å². The van der Waals surface area contributed by atoms with Gasteiger partial charge in [0.2, 0.25) is 11.8 Å². The molecule has 0 bridgehead atoms. The monoisotopic (exact) mass is 362 g/mol. The summed E-state index contributed by atoms with van der Waals surface area (Å²) in [6.07, 6.45) is 4.90. The van der Waals surface area contributed by atoms with Crippen molar-refractivity contribution >= 4 is 5.91 Å². The molecule has 138 valence electrons. The van der Waals surface area contributed by atoms with Gasteiger partial charge in [-0.25, -0.2) is 0 Å². The fourth-order valence-corrected chi connectivity index (χ4v) is 3.45. The summed E-state index contributed by atoms with van der Waals surface area (Å²) in [5, 5.41) is 8.33. The second-order valence-electron chi connectivity index (χ2n) is 6.82. The Morgan fingerprint density at radius 3 is 2.78 bits per heavy atom. The van der Waals surface area contributed by atoms with Crippen LogP contribution in [-0.2, 0) is 11.2 Å². The molecule has 1 saturated heterocycles. The highest BCUT2D eigenvalue weighted by molar-refractivity contribution is 5.76. The van der Waals surface area contributed by atoms with Crippen molar-refractivity contribution in [3.63, 3.8) is 0 Å². The molecule has 1 unspecified atom stereocenters. The Kier molecular flexibility index (Phi) is 5.23. The summed E-state index contributed by atoms with van der Waals surface area (Å²) in [6.45, 7) is 1.43. The van der Waals surface area contributed by atoms with Crippen LogP contribution in [0.4, 0.5) is 0 Å². The Hall–Kier alpha value is -3.02. The molecule has 27 heavy (non-hydrogen) atoms. The Morgan fingerprint density at radius 1 is 1.11 bits per heavy atom. The number of likely N-dealkylation sites (tertiary alicyclic amines) is 1. The zero-order valence-corrected chi connectivity index (χ0v) is 15.1. The zero-order valence-electron chi connectivity index (χ0n) is 15.1. The van der Waals surface area contributed by atoms with Crippen LogP contribution in [0, 0.1) is 0 Å². The molecule has 0 aliphatic carbocycles. The summed E-state index contributed by atoms with van der Waals surface area (Å²) in [5.74, 6) is 1.30. The summed E-state index contributed by atoms with van der Waals surface area (Å²) in [5.41, 5.74) is 1.86. The standard InChI is InChI=1S/C21H22N4O2/c26-19(12-11-16-7-2-1-3-8-16)25-14-6-9-17(15-25)20-23-24-21(27-20)18-10-4-5-13-22-18/h1-5,7-8,10,13,17H,6,9,11-12,14-15H2. The average molecular weight is 362 g/mol. The third kappa shape index (κ3) is 4.22. The summed E-state index contributed by atoms with van der Waals surface area (Å²) in [4.78, 5) is 18.8. The lowest BCUT2D eigenvalue weighted by Gasteiger charge is -2.31. The van der Waals surface area contributed by atoms with Crippen LogP contribution in [0.25, 0.3) is 11.6 Å². The molecule has 0 saturated carbocycles. The smallest absolute Gasteiger partial charge is 0.266 e. The molecule has 0 radical (unpaired) electrons. The number of aryl methyl sites for hydroxylation is 1. The maximum atomic E-state index is 12.6. The predicted octanol–water partition coefficient (Wildman–Crippen LogP) is 3.47. The molecule has 1 fully saturated rings. The largest absolute Gasteiger partial charge is 0.419 e. The predicted molar refractivity (Wildman–Crippen MR) is 101 cm³/mol. The Bertz CT molecular complexity index is 879. The number of rotatable bonds is 5. The molecule has 3 heterocycles. The van der Waals surface area contributed by atoms with Crippen LogP contribution in [0.1, 0.15) is 36.6 Å². The number of carbonyl (C=O) groups excluding carboxylic acids is 1. The number of hydrogen-bond acceptors (Lipinski definition) is 5. The second kappa shape index (κ2) is 8.12. The van der Waals surface area contributed by atoms with Gasteiger partial charge in [-0.3, -0.25) is 9.78 Å². The molecule has 6 nitrogen and oxygen atoms in total. The van der Waals surface area contributed by atoms with E-state index in [4.69, 9.17) is 4.42 Å². The lowest BCUT2D eigenvalue weighted by atomic mass is 9.97. The Morgan fingerprint density at radius 2 is 1.96 bits per heavy atom. The molecule has 1 amide bonds. The fraction of sp³-hybridized carbons (Fsp3) is 0.333. The fourth-order valence-electron chi connectivity index (χ4n) is 3.45. The number of aromatic nitrogens is 3. The zero-order chi connectivity index (χ0) is 18.5. The van der Waals surface area contributed by atoms with Crippen LogP contribution in [-0.4, -0.2) is 39.1 Å². The third-order valence-corrected chi connectivity index (χ3v) is 4.92. The second-order valence-corrected chi connectivity index (χ2v) is 6.82. The van der Waals surface area contributed by atoms with Crippen LogP contribution in [0.3, 0.4) is 0 Å². The van der Waals surface area contributed by atoms with Crippen LogP contribution >= 0.6 is 0 Å². The highest BCUT2D eigenvalue weighted by Gasteiger charge is 2.28. The molecule has 4 rings (SSSR count). The number of piperidine rings is 1. The molecule has 1 aliphatic rings. The topological polar surface area (TPSA) is 72.1 Å². The van der Waals surface area contributed by atoms with Gasteiger partial charge in [-0.2, -0.15) is 0 Å². The molecule has 1 atom stereocenters. The van der Waals surface area contributed by atoms with Crippen molar-refractivity contribution in [1.82, 2.24) is 20.1 Å². The molecule has 2 aromatic heterocycles. The first-order valence-corrected chi connectivity index (χ1v) is 9.36. The summed E-state index contributed by atoms with van der Waals surface area (Å²) in [7, 11) is 0. The van der Waals surface area contributed by atoms with Gasteiger partial charge >= 0.3 is 0 Å². The van der Waals surface area contributed by atoms with Crippen molar-refractivity contribution in [1.29, 1.82) is 0 Å². The van der Waals surface area contributed by atoms with Gasteiger partial charge in [0.1, 0.15) is 5.69 Å². The van der Waals surface area contributed by atoms with Crippen LogP contribution in [0.5, 0.6) is 0 Å². The number of amides is 1. The Balaban J connectivity index is 1.38. The van der Waals surface area contributed by atoms with Gasteiger partial charge < -0.3 is 9.32 Å².